The summed E-state index contributed by atoms with van der Waals surface area (Å²) in [4.78, 5) is 16.4. The van der Waals surface area contributed by atoms with Crippen molar-refractivity contribution in [3.63, 3.8) is 0 Å². The fourth-order valence-electron chi connectivity index (χ4n) is 2.05. The van der Waals surface area contributed by atoms with E-state index < -0.39 is 16.0 Å². The van der Waals surface area contributed by atoms with E-state index in [0.717, 1.165) is 14.9 Å². The standard InChI is InChI=1S/C17H16N2O5S2/c1-19(2)26(21,22)15-9-8-13(24-15)10-23-17(20)14-11-25-16(18-14)12-6-4-3-5-7-12/h3-9,11H,10H2,1-2H3. The number of carbonyl (C=O) groups excluding carboxylic acids is 1. The normalized spacial score (nSPS) is 11.7. The van der Waals surface area contributed by atoms with Crippen LogP contribution in [0.4, 0.5) is 0 Å². The SMILES string of the molecule is CN(C)S(=O)(=O)c1ccc(COC(=O)c2csc(-c3ccccc3)n2)o1. The number of carbonyl (C=O) groups is 1. The highest BCUT2D eigenvalue weighted by atomic mass is 32.2. The van der Waals surface area contributed by atoms with Gasteiger partial charge >= 0.3 is 5.97 Å². The molecule has 1 aromatic carbocycles. The third-order valence-electron chi connectivity index (χ3n) is 3.45. The molecule has 3 aromatic rings. The van der Waals surface area contributed by atoms with Crippen LogP contribution in [0.2, 0.25) is 0 Å². The lowest BCUT2D eigenvalue weighted by molar-refractivity contribution is 0.0434. The van der Waals surface area contributed by atoms with Crippen LogP contribution in [0.15, 0.2) is 57.4 Å². The molecular formula is C17H16N2O5S2. The zero-order valence-corrected chi connectivity index (χ0v) is 15.7. The molecular weight excluding hydrogens is 376 g/mol. The summed E-state index contributed by atoms with van der Waals surface area (Å²) in [5.74, 6) is -0.367. The summed E-state index contributed by atoms with van der Waals surface area (Å²) in [7, 11) is -0.845. The van der Waals surface area contributed by atoms with E-state index in [1.54, 1.807) is 5.38 Å². The number of esters is 1. The molecule has 0 bridgehead atoms. The van der Waals surface area contributed by atoms with Gasteiger partial charge in [0.1, 0.15) is 17.4 Å². The molecule has 0 aliphatic heterocycles. The monoisotopic (exact) mass is 392 g/mol. The molecule has 0 saturated heterocycles. The van der Waals surface area contributed by atoms with Gasteiger partial charge in [0.05, 0.1) is 0 Å². The van der Waals surface area contributed by atoms with Crippen molar-refractivity contribution in [3.05, 3.63) is 59.3 Å². The third kappa shape index (κ3) is 3.85. The Kier molecular flexibility index (Phi) is 5.21. The first-order chi connectivity index (χ1) is 12.4. The van der Waals surface area contributed by atoms with E-state index in [-0.39, 0.29) is 23.2 Å². The Morgan fingerprint density at radius 3 is 2.62 bits per heavy atom. The van der Waals surface area contributed by atoms with Gasteiger partial charge in [-0.2, -0.15) is 0 Å². The van der Waals surface area contributed by atoms with Crippen molar-refractivity contribution >= 4 is 27.3 Å². The lowest BCUT2D eigenvalue weighted by Crippen LogP contribution is -2.21. The molecule has 7 nitrogen and oxygen atoms in total. The maximum atomic E-state index is 12.1. The van der Waals surface area contributed by atoms with Crippen LogP contribution in [0.5, 0.6) is 0 Å². The maximum Gasteiger partial charge on any atom is 0.358 e. The van der Waals surface area contributed by atoms with Crippen LogP contribution < -0.4 is 0 Å². The number of thiazole rings is 1. The molecule has 0 radical (unpaired) electrons. The molecule has 136 valence electrons. The van der Waals surface area contributed by atoms with Gasteiger partial charge in [0.15, 0.2) is 5.69 Å². The summed E-state index contributed by atoms with van der Waals surface area (Å²) in [6.45, 7) is -0.181. The lowest BCUT2D eigenvalue weighted by atomic mass is 10.2. The quantitative estimate of drug-likeness (QED) is 0.599. The van der Waals surface area contributed by atoms with Crippen LogP contribution in [0.1, 0.15) is 16.2 Å². The number of hydrogen-bond acceptors (Lipinski definition) is 7. The third-order valence-corrected chi connectivity index (χ3v) is 6.03. The van der Waals surface area contributed by atoms with E-state index in [4.69, 9.17) is 9.15 Å². The lowest BCUT2D eigenvalue weighted by Gasteiger charge is -2.07. The highest BCUT2D eigenvalue weighted by Crippen LogP contribution is 2.24. The number of nitrogens with zero attached hydrogens (tertiary/aromatic N) is 2. The van der Waals surface area contributed by atoms with Crippen molar-refractivity contribution in [1.29, 1.82) is 0 Å². The summed E-state index contributed by atoms with van der Waals surface area (Å²) in [6.07, 6.45) is 0. The van der Waals surface area contributed by atoms with Crippen molar-refractivity contribution in [2.45, 2.75) is 11.7 Å². The fraction of sp³-hybridized carbons (Fsp3) is 0.176. The molecule has 0 amide bonds. The number of rotatable bonds is 6. The first-order valence-corrected chi connectivity index (χ1v) is 9.89. The van der Waals surface area contributed by atoms with Crippen LogP contribution >= 0.6 is 11.3 Å². The average Bonchev–Trinajstić information content (AvgIpc) is 3.30. The number of benzene rings is 1. The second kappa shape index (κ2) is 7.40. The van der Waals surface area contributed by atoms with Crippen molar-refractivity contribution in [2.75, 3.05) is 14.1 Å². The van der Waals surface area contributed by atoms with Gasteiger partial charge in [-0.3, -0.25) is 0 Å². The van der Waals surface area contributed by atoms with Crippen molar-refractivity contribution in [2.24, 2.45) is 0 Å². The van der Waals surface area contributed by atoms with Gasteiger partial charge in [-0.1, -0.05) is 30.3 Å². The van der Waals surface area contributed by atoms with E-state index in [1.807, 2.05) is 30.3 Å². The van der Waals surface area contributed by atoms with Gasteiger partial charge in [0.25, 0.3) is 10.0 Å². The molecule has 3 rings (SSSR count). The number of hydrogen-bond donors (Lipinski definition) is 0. The van der Waals surface area contributed by atoms with E-state index in [0.29, 0.717) is 0 Å². The summed E-state index contributed by atoms with van der Waals surface area (Å²) >= 11 is 1.34. The smallest absolute Gasteiger partial charge is 0.358 e. The van der Waals surface area contributed by atoms with E-state index in [1.165, 1.54) is 37.6 Å². The molecule has 0 N–H and O–H groups in total. The molecule has 0 unspecified atom stereocenters. The Hall–Kier alpha value is -2.49. The summed E-state index contributed by atoms with van der Waals surface area (Å²) < 4.78 is 35.4. The maximum absolute atomic E-state index is 12.1. The van der Waals surface area contributed by atoms with Crippen LogP contribution in [-0.2, 0) is 21.4 Å². The molecule has 0 spiro atoms. The topological polar surface area (TPSA) is 89.7 Å². The fourth-order valence-corrected chi connectivity index (χ4v) is 3.65. The first-order valence-electron chi connectivity index (χ1n) is 7.57. The van der Waals surface area contributed by atoms with Gasteiger partial charge in [0.2, 0.25) is 5.09 Å². The molecule has 0 aliphatic rings. The molecule has 26 heavy (non-hydrogen) atoms. The summed E-state index contributed by atoms with van der Waals surface area (Å²) in [6, 6.07) is 12.3. The Balaban J connectivity index is 1.65. The van der Waals surface area contributed by atoms with E-state index in [9.17, 15) is 13.2 Å². The number of aromatic nitrogens is 1. The molecule has 2 heterocycles. The Labute approximate surface area is 154 Å². The highest BCUT2D eigenvalue weighted by molar-refractivity contribution is 7.88. The van der Waals surface area contributed by atoms with Gasteiger partial charge in [-0.05, 0) is 12.1 Å². The second-order valence-electron chi connectivity index (χ2n) is 5.49. The molecule has 0 atom stereocenters. The van der Waals surface area contributed by atoms with Gasteiger partial charge in [-0.25, -0.2) is 22.5 Å². The molecule has 2 aromatic heterocycles. The van der Waals surface area contributed by atoms with Crippen LogP contribution in [0.25, 0.3) is 10.6 Å². The predicted molar refractivity (Wildman–Crippen MR) is 96.3 cm³/mol. The van der Waals surface area contributed by atoms with E-state index in [2.05, 4.69) is 4.98 Å². The molecule has 9 heteroatoms. The second-order valence-corrected chi connectivity index (χ2v) is 8.43. The number of ether oxygens (including phenoxy) is 1. The summed E-state index contributed by atoms with van der Waals surface area (Å²) in [5.41, 5.74) is 1.11. The highest BCUT2D eigenvalue weighted by Gasteiger charge is 2.22. The van der Waals surface area contributed by atoms with Gasteiger partial charge < -0.3 is 9.15 Å². The van der Waals surface area contributed by atoms with E-state index >= 15 is 0 Å². The minimum Gasteiger partial charge on any atom is -0.453 e. The predicted octanol–water partition coefficient (Wildman–Crippen LogP) is 3.01. The minimum atomic E-state index is -3.66. The van der Waals surface area contributed by atoms with Gasteiger partial charge in [0, 0.05) is 25.0 Å². The Bertz CT molecular complexity index is 1010. The Morgan fingerprint density at radius 2 is 1.92 bits per heavy atom. The van der Waals surface area contributed by atoms with Crippen LogP contribution in [-0.4, -0.2) is 37.8 Å². The molecule has 0 aliphatic carbocycles. The summed E-state index contributed by atoms with van der Waals surface area (Å²) in [5, 5.41) is 2.14. The first kappa shape index (κ1) is 18.3. The number of furan rings is 1. The van der Waals surface area contributed by atoms with Crippen molar-refractivity contribution in [3.8, 4) is 10.6 Å². The molecule has 0 fully saturated rings. The molecule has 0 saturated carbocycles. The largest absolute Gasteiger partial charge is 0.453 e. The van der Waals surface area contributed by atoms with Gasteiger partial charge in [-0.15, -0.1) is 11.3 Å². The van der Waals surface area contributed by atoms with Crippen LogP contribution in [0.3, 0.4) is 0 Å². The van der Waals surface area contributed by atoms with Crippen molar-refractivity contribution < 1.29 is 22.4 Å². The minimum absolute atomic E-state index is 0.181. The van der Waals surface area contributed by atoms with Crippen molar-refractivity contribution in [1.82, 2.24) is 9.29 Å². The average molecular weight is 392 g/mol. The Morgan fingerprint density at radius 1 is 1.19 bits per heavy atom. The zero-order valence-electron chi connectivity index (χ0n) is 14.1. The van der Waals surface area contributed by atoms with Crippen LogP contribution in [0, 0.1) is 0 Å². The number of sulfonamides is 1. The zero-order chi connectivity index (χ0) is 18.7.